The number of hydrogen-bond acceptors (Lipinski definition) is 6. The van der Waals surface area contributed by atoms with Crippen molar-refractivity contribution >= 4 is 33.5 Å². The van der Waals surface area contributed by atoms with Crippen molar-refractivity contribution in [1.29, 1.82) is 0 Å². The second kappa shape index (κ2) is 9.75. The summed E-state index contributed by atoms with van der Waals surface area (Å²) in [6, 6.07) is 11.5. The number of anilines is 1. The molecule has 0 atom stereocenters. The van der Waals surface area contributed by atoms with Crippen molar-refractivity contribution in [3.8, 4) is 11.5 Å². The molecule has 0 unspecified atom stereocenters. The lowest BCUT2D eigenvalue weighted by Crippen LogP contribution is -2.08. The maximum absolute atomic E-state index is 6.05. The first-order chi connectivity index (χ1) is 13.6. The van der Waals surface area contributed by atoms with Gasteiger partial charge in [-0.2, -0.15) is 0 Å². The number of tetrazole rings is 1. The monoisotopic (exact) mass is 465 g/mol. The van der Waals surface area contributed by atoms with E-state index in [1.54, 1.807) is 4.68 Å². The molecule has 0 saturated carbocycles. The molecule has 3 aromatic rings. The van der Waals surface area contributed by atoms with Crippen LogP contribution in [0.25, 0.3) is 0 Å². The summed E-state index contributed by atoms with van der Waals surface area (Å²) in [5, 5.41) is 15.5. The molecule has 0 saturated heterocycles. The summed E-state index contributed by atoms with van der Waals surface area (Å²) in [5.74, 6) is 1.95. The maximum atomic E-state index is 6.05. The van der Waals surface area contributed by atoms with Crippen LogP contribution in [0.15, 0.2) is 40.9 Å². The third kappa shape index (κ3) is 5.14. The Morgan fingerprint density at radius 2 is 2.00 bits per heavy atom. The fraction of sp³-hybridized carbons (Fsp3) is 0.316. The van der Waals surface area contributed by atoms with E-state index in [-0.39, 0.29) is 0 Å². The van der Waals surface area contributed by atoms with Gasteiger partial charge in [-0.3, -0.25) is 0 Å². The molecule has 0 bridgehead atoms. The van der Waals surface area contributed by atoms with Crippen LogP contribution in [-0.2, 0) is 19.7 Å². The highest BCUT2D eigenvalue weighted by molar-refractivity contribution is 9.10. The van der Waals surface area contributed by atoms with Gasteiger partial charge in [0, 0.05) is 18.1 Å². The van der Waals surface area contributed by atoms with Crippen LogP contribution >= 0.6 is 27.5 Å². The minimum atomic E-state index is 0.391. The molecule has 148 valence electrons. The predicted molar refractivity (Wildman–Crippen MR) is 112 cm³/mol. The summed E-state index contributed by atoms with van der Waals surface area (Å²) in [4.78, 5) is 0. The molecule has 0 radical (unpaired) electrons. The number of nitrogens with one attached hydrogen (secondary N) is 1. The Labute approximate surface area is 177 Å². The quantitative estimate of drug-likeness (QED) is 0.493. The first-order valence-corrected chi connectivity index (χ1v) is 10.1. The molecule has 28 heavy (non-hydrogen) atoms. The van der Waals surface area contributed by atoms with Gasteiger partial charge in [-0.25, -0.2) is 4.68 Å². The molecule has 1 heterocycles. The van der Waals surface area contributed by atoms with Gasteiger partial charge in [0.2, 0.25) is 5.95 Å². The first kappa shape index (κ1) is 20.4. The van der Waals surface area contributed by atoms with Gasteiger partial charge in [0.05, 0.1) is 11.1 Å². The van der Waals surface area contributed by atoms with Crippen LogP contribution in [-0.4, -0.2) is 26.8 Å². The van der Waals surface area contributed by atoms with E-state index in [1.807, 2.05) is 50.2 Å². The Balaban J connectivity index is 1.75. The van der Waals surface area contributed by atoms with Gasteiger partial charge in [-0.05, 0) is 75.6 Å². The van der Waals surface area contributed by atoms with E-state index in [9.17, 15) is 0 Å². The summed E-state index contributed by atoms with van der Waals surface area (Å²) >= 11 is 9.64. The summed E-state index contributed by atoms with van der Waals surface area (Å²) in [5.41, 5.74) is 2.00. The summed E-state index contributed by atoms with van der Waals surface area (Å²) in [6.07, 6.45) is 0. The van der Waals surface area contributed by atoms with E-state index >= 15 is 0 Å². The normalized spacial score (nSPS) is 10.7. The molecule has 0 aliphatic heterocycles. The number of benzene rings is 2. The lowest BCUT2D eigenvalue weighted by molar-refractivity contribution is 0.267. The molecule has 0 aliphatic rings. The molecule has 1 aromatic heterocycles. The smallest absolute Gasteiger partial charge is 0.243 e. The van der Waals surface area contributed by atoms with Gasteiger partial charge in [0.15, 0.2) is 11.5 Å². The summed E-state index contributed by atoms with van der Waals surface area (Å²) < 4.78 is 14.3. The Morgan fingerprint density at radius 1 is 1.14 bits per heavy atom. The molecule has 3 rings (SSSR count). The van der Waals surface area contributed by atoms with Crippen molar-refractivity contribution in [2.75, 3.05) is 11.9 Å². The van der Waals surface area contributed by atoms with E-state index < -0.39 is 0 Å². The molecule has 0 fully saturated rings. The third-order valence-electron chi connectivity index (χ3n) is 3.92. The summed E-state index contributed by atoms with van der Waals surface area (Å²) in [6.45, 7) is 6.09. The van der Waals surface area contributed by atoms with E-state index in [1.165, 1.54) is 0 Å². The third-order valence-corrected chi connectivity index (χ3v) is 4.75. The second-order valence-electron chi connectivity index (χ2n) is 5.93. The zero-order valence-corrected chi connectivity index (χ0v) is 18.0. The molecule has 0 amide bonds. The van der Waals surface area contributed by atoms with E-state index in [0.29, 0.717) is 48.8 Å². The molecule has 2 aromatic carbocycles. The molecule has 7 nitrogen and oxygen atoms in total. The van der Waals surface area contributed by atoms with E-state index in [0.717, 1.165) is 15.6 Å². The van der Waals surface area contributed by atoms with Gasteiger partial charge in [-0.15, -0.1) is 0 Å². The fourth-order valence-corrected chi connectivity index (χ4v) is 3.45. The average Bonchev–Trinajstić information content (AvgIpc) is 3.13. The largest absolute Gasteiger partial charge is 0.490 e. The molecule has 0 spiro atoms. The van der Waals surface area contributed by atoms with Crippen molar-refractivity contribution < 1.29 is 9.47 Å². The minimum absolute atomic E-state index is 0.391. The number of rotatable bonds is 9. The minimum Gasteiger partial charge on any atom is -0.490 e. The Kier molecular flexibility index (Phi) is 7.11. The summed E-state index contributed by atoms with van der Waals surface area (Å²) in [7, 11) is 0. The average molecular weight is 467 g/mol. The number of ether oxygens (including phenoxy) is 2. The van der Waals surface area contributed by atoms with E-state index in [4.69, 9.17) is 21.1 Å². The van der Waals surface area contributed by atoms with Crippen LogP contribution in [0.5, 0.6) is 11.5 Å². The molecule has 1 N–H and O–H groups in total. The lowest BCUT2D eigenvalue weighted by Gasteiger charge is -2.16. The van der Waals surface area contributed by atoms with Crippen molar-refractivity contribution in [3.05, 3.63) is 57.0 Å². The van der Waals surface area contributed by atoms with Crippen LogP contribution in [0.1, 0.15) is 25.0 Å². The van der Waals surface area contributed by atoms with Gasteiger partial charge in [0.25, 0.3) is 0 Å². The highest BCUT2D eigenvalue weighted by Crippen LogP contribution is 2.37. The zero-order chi connectivity index (χ0) is 19.9. The molecule has 0 aliphatic carbocycles. The number of nitrogens with zero attached hydrogens (tertiary/aromatic N) is 4. The van der Waals surface area contributed by atoms with Crippen LogP contribution in [0.2, 0.25) is 5.02 Å². The lowest BCUT2D eigenvalue weighted by atomic mass is 10.2. The van der Waals surface area contributed by atoms with Gasteiger partial charge < -0.3 is 14.8 Å². The van der Waals surface area contributed by atoms with Crippen LogP contribution in [0.3, 0.4) is 0 Å². The molecular weight excluding hydrogens is 446 g/mol. The Morgan fingerprint density at radius 3 is 2.75 bits per heavy atom. The first-order valence-electron chi connectivity index (χ1n) is 8.93. The fourth-order valence-electron chi connectivity index (χ4n) is 2.63. The van der Waals surface area contributed by atoms with Crippen molar-refractivity contribution in [1.82, 2.24) is 20.2 Å². The van der Waals surface area contributed by atoms with Crippen LogP contribution < -0.4 is 14.8 Å². The maximum Gasteiger partial charge on any atom is 0.243 e. The predicted octanol–water partition coefficient (Wildman–Crippen LogP) is 4.70. The Hall–Kier alpha value is -2.32. The Bertz CT molecular complexity index is 934. The van der Waals surface area contributed by atoms with Crippen LogP contribution in [0, 0.1) is 0 Å². The van der Waals surface area contributed by atoms with Gasteiger partial charge >= 0.3 is 0 Å². The highest BCUT2D eigenvalue weighted by atomic mass is 79.9. The zero-order valence-electron chi connectivity index (χ0n) is 15.7. The van der Waals surface area contributed by atoms with Crippen molar-refractivity contribution in [2.24, 2.45) is 0 Å². The van der Waals surface area contributed by atoms with Gasteiger partial charge in [0.1, 0.15) is 6.61 Å². The van der Waals surface area contributed by atoms with E-state index in [2.05, 4.69) is 36.8 Å². The second-order valence-corrected chi connectivity index (χ2v) is 7.22. The van der Waals surface area contributed by atoms with Gasteiger partial charge in [-0.1, -0.05) is 28.8 Å². The molecular formula is C19H21BrClN5O2. The highest BCUT2D eigenvalue weighted by Gasteiger charge is 2.13. The molecule has 9 heteroatoms. The van der Waals surface area contributed by atoms with Crippen molar-refractivity contribution in [3.63, 3.8) is 0 Å². The standard InChI is InChI=1S/C19H21BrClN5O2/c1-3-26-19(23-24-25-26)22-11-14-9-16(20)18(17(10-14)27-4-2)28-12-13-6-5-7-15(21)8-13/h5-10H,3-4,11-12H2,1-2H3,(H,22,23,25). The SMILES string of the molecule is CCOc1cc(CNc2nnnn2CC)cc(Br)c1OCc1cccc(Cl)c1. The number of aryl methyl sites for hydroxylation is 1. The topological polar surface area (TPSA) is 74.1 Å². The van der Waals surface area contributed by atoms with Crippen LogP contribution in [0.4, 0.5) is 5.95 Å². The number of halogens is 2. The number of aromatic nitrogens is 4. The van der Waals surface area contributed by atoms with Crippen molar-refractivity contribution in [2.45, 2.75) is 33.5 Å². The number of hydrogen-bond donors (Lipinski definition) is 1.